The van der Waals surface area contributed by atoms with Gasteiger partial charge in [0.15, 0.2) is 0 Å². The molecule has 9 heavy (non-hydrogen) atoms. The minimum Gasteiger partial charge on any atom is -0.328 e. The van der Waals surface area contributed by atoms with Crippen LogP contribution in [0.15, 0.2) is 11.1 Å². The van der Waals surface area contributed by atoms with Crippen molar-refractivity contribution < 1.29 is 0 Å². The van der Waals surface area contributed by atoms with E-state index in [0.717, 1.165) is 11.4 Å². The number of thioether (sulfide) groups is 1. The van der Waals surface area contributed by atoms with E-state index in [-0.39, 0.29) is 0 Å². The molecule has 2 rings (SSSR count). The predicted molar refractivity (Wildman–Crippen MR) is 44.2 cm³/mol. The number of hydrogen-bond acceptors (Lipinski definition) is 2. The third-order valence-corrected chi connectivity index (χ3v) is 3.11. The van der Waals surface area contributed by atoms with Gasteiger partial charge in [0, 0.05) is 17.5 Å². The Morgan fingerprint density at radius 2 is 2.67 bits per heavy atom. The van der Waals surface area contributed by atoms with E-state index in [1.54, 1.807) is 0 Å². The number of allylic oxidation sites excluding steroid dienone is 1. The van der Waals surface area contributed by atoms with Gasteiger partial charge in [-0.15, -0.1) is 11.8 Å². The highest BCUT2D eigenvalue weighted by Crippen LogP contribution is 2.41. The van der Waals surface area contributed by atoms with Crippen molar-refractivity contribution >= 4 is 29.0 Å². The van der Waals surface area contributed by atoms with Gasteiger partial charge in [0.2, 0.25) is 0 Å². The van der Waals surface area contributed by atoms with Crippen LogP contribution in [0, 0.1) is 0 Å². The maximum absolute atomic E-state index is 5.04. The van der Waals surface area contributed by atoms with E-state index in [4.69, 9.17) is 12.2 Å². The molecule has 0 aromatic heterocycles. The second-order valence-electron chi connectivity index (χ2n) is 2.32. The highest BCUT2D eigenvalue weighted by Gasteiger charge is 2.35. The maximum atomic E-state index is 5.04. The van der Waals surface area contributed by atoms with Crippen molar-refractivity contribution in [1.29, 1.82) is 0 Å². The van der Waals surface area contributed by atoms with Crippen LogP contribution < -0.4 is 0 Å². The summed E-state index contributed by atoms with van der Waals surface area (Å²) >= 11 is 6.96. The molecule has 0 aliphatic carbocycles. The fourth-order valence-electron chi connectivity index (χ4n) is 1.10. The molecule has 2 heterocycles. The molecule has 0 spiro atoms. The maximum Gasteiger partial charge on any atom is 0.0905 e. The molecule has 0 radical (unpaired) electrons. The second-order valence-corrected chi connectivity index (χ2v) is 4.21. The van der Waals surface area contributed by atoms with Crippen LogP contribution in [0.4, 0.5) is 0 Å². The lowest BCUT2D eigenvalue weighted by Gasteiger charge is -2.35. The Labute approximate surface area is 64.1 Å². The molecule has 0 unspecified atom stereocenters. The molecule has 0 aromatic rings. The van der Waals surface area contributed by atoms with Gasteiger partial charge in [0.25, 0.3) is 0 Å². The average Bonchev–Trinajstić information content (AvgIpc) is 2.08. The molecule has 1 fully saturated rings. The first-order valence-electron chi connectivity index (χ1n) is 2.93. The van der Waals surface area contributed by atoms with Crippen molar-refractivity contribution in [3.8, 4) is 0 Å². The lowest BCUT2D eigenvalue weighted by atomic mass is 10.2. The normalized spacial score (nSPS) is 31.7. The van der Waals surface area contributed by atoms with Gasteiger partial charge >= 0.3 is 0 Å². The van der Waals surface area contributed by atoms with Crippen molar-refractivity contribution in [3.63, 3.8) is 0 Å². The van der Waals surface area contributed by atoms with Crippen LogP contribution in [0.1, 0.15) is 13.3 Å². The van der Waals surface area contributed by atoms with Gasteiger partial charge in [-0.3, -0.25) is 0 Å². The second kappa shape index (κ2) is 1.73. The third-order valence-electron chi connectivity index (χ3n) is 1.59. The summed E-state index contributed by atoms with van der Waals surface area (Å²) in [5.74, 6) is 0. The molecule has 1 saturated heterocycles. The number of rotatable bonds is 0. The summed E-state index contributed by atoms with van der Waals surface area (Å²) in [6.45, 7) is 2.13. The lowest BCUT2D eigenvalue weighted by Crippen LogP contribution is -2.43. The molecule has 2 aliphatic rings. The van der Waals surface area contributed by atoms with Crippen LogP contribution in [0.2, 0.25) is 0 Å². The van der Waals surface area contributed by atoms with Gasteiger partial charge in [-0.1, -0.05) is 12.2 Å². The highest BCUT2D eigenvalue weighted by molar-refractivity contribution is 8.04. The van der Waals surface area contributed by atoms with Crippen molar-refractivity contribution in [2.45, 2.75) is 18.7 Å². The molecule has 0 N–H and O–H groups in total. The van der Waals surface area contributed by atoms with Gasteiger partial charge in [0.1, 0.15) is 0 Å². The van der Waals surface area contributed by atoms with Crippen molar-refractivity contribution in [2.75, 3.05) is 0 Å². The minimum atomic E-state index is 0.664. The summed E-state index contributed by atoms with van der Waals surface area (Å²) in [6.07, 6.45) is 3.25. The highest BCUT2D eigenvalue weighted by atomic mass is 32.2. The van der Waals surface area contributed by atoms with Crippen molar-refractivity contribution in [3.05, 3.63) is 11.1 Å². The van der Waals surface area contributed by atoms with E-state index in [2.05, 4.69) is 18.0 Å². The van der Waals surface area contributed by atoms with Crippen LogP contribution in [-0.2, 0) is 0 Å². The standard InChI is InChI=1S/C6H7NS2/c1-4-3-7-5(8)2-6(7)9-4/h3,6H,2H2,1H3/t6-/m1/s1. The molecule has 1 atom stereocenters. The molecule has 3 heteroatoms. The summed E-state index contributed by atoms with van der Waals surface area (Å²) in [5.41, 5.74) is 0. The van der Waals surface area contributed by atoms with Gasteiger partial charge in [-0.2, -0.15) is 0 Å². The first-order valence-corrected chi connectivity index (χ1v) is 4.22. The zero-order valence-electron chi connectivity index (χ0n) is 5.13. The van der Waals surface area contributed by atoms with Gasteiger partial charge in [-0.05, 0) is 6.92 Å². The lowest BCUT2D eigenvalue weighted by molar-refractivity contribution is 0.459. The molecule has 0 aromatic carbocycles. The molecule has 2 aliphatic heterocycles. The van der Waals surface area contributed by atoms with Crippen molar-refractivity contribution in [2.24, 2.45) is 0 Å². The fraction of sp³-hybridized carbons (Fsp3) is 0.500. The average molecular weight is 157 g/mol. The quantitative estimate of drug-likeness (QED) is 0.495. The predicted octanol–water partition coefficient (Wildman–Crippen LogP) is 1.95. The van der Waals surface area contributed by atoms with Gasteiger partial charge in [0.05, 0.1) is 10.4 Å². The smallest absolute Gasteiger partial charge is 0.0905 e. The van der Waals surface area contributed by atoms with Crippen LogP contribution >= 0.6 is 24.0 Å². The first-order chi connectivity index (χ1) is 4.27. The SMILES string of the molecule is CC1=CN2C(=S)C[C@H]2S1. The molecule has 0 saturated carbocycles. The van der Waals surface area contributed by atoms with E-state index in [1.807, 2.05) is 11.8 Å². The molecular weight excluding hydrogens is 150 g/mol. The largest absolute Gasteiger partial charge is 0.328 e. The van der Waals surface area contributed by atoms with E-state index >= 15 is 0 Å². The topological polar surface area (TPSA) is 3.24 Å². The van der Waals surface area contributed by atoms with Crippen molar-refractivity contribution in [1.82, 2.24) is 4.90 Å². The molecule has 1 nitrogen and oxygen atoms in total. The number of thiocarbonyl (C=S) groups is 1. The summed E-state index contributed by atoms with van der Waals surface area (Å²) in [6, 6.07) is 0. The third kappa shape index (κ3) is 0.715. The molecule has 48 valence electrons. The van der Waals surface area contributed by atoms with Gasteiger partial charge in [-0.25, -0.2) is 0 Å². The molecular formula is C6H7NS2. The van der Waals surface area contributed by atoms with Gasteiger partial charge < -0.3 is 4.90 Å². The van der Waals surface area contributed by atoms with E-state index < -0.39 is 0 Å². The van der Waals surface area contributed by atoms with E-state index in [1.165, 1.54) is 4.91 Å². The zero-order valence-corrected chi connectivity index (χ0v) is 6.76. The van der Waals surface area contributed by atoms with E-state index in [0.29, 0.717) is 5.37 Å². The number of nitrogens with zero attached hydrogens (tertiary/aromatic N) is 1. The summed E-state index contributed by atoms with van der Waals surface area (Å²) in [4.78, 5) is 4.67. The summed E-state index contributed by atoms with van der Waals surface area (Å²) < 4.78 is 0. The van der Waals surface area contributed by atoms with Crippen LogP contribution in [0.3, 0.4) is 0 Å². The Morgan fingerprint density at radius 1 is 1.89 bits per heavy atom. The Hall–Kier alpha value is -0.0200. The van der Waals surface area contributed by atoms with E-state index in [9.17, 15) is 0 Å². The Bertz CT molecular complexity index is 197. The molecule has 0 amide bonds. The molecule has 0 bridgehead atoms. The monoisotopic (exact) mass is 157 g/mol. The summed E-state index contributed by atoms with van der Waals surface area (Å²) in [7, 11) is 0. The first kappa shape index (κ1) is 5.74. The fourth-order valence-corrected chi connectivity index (χ4v) is 2.75. The Balaban J connectivity index is 2.21. The Morgan fingerprint density at radius 3 is 3.11 bits per heavy atom. The number of fused-ring (bicyclic) bond motifs is 1. The zero-order chi connectivity index (χ0) is 6.43. The summed E-state index contributed by atoms with van der Waals surface area (Å²) in [5, 5.41) is 0.664. The van der Waals surface area contributed by atoms with Crippen LogP contribution in [0.5, 0.6) is 0 Å². The number of hydrogen-bond donors (Lipinski definition) is 0. The minimum absolute atomic E-state index is 0.664. The van der Waals surface area contributed by atoms with Crippen LogP contribution in [0.25, 0.3) is 0 Å². The Kier molecular flexibility index (Phi) is 1.11. The van der Waals surface area contributed by atoms with Crippen LogP contribution in [-0.4, -0.2) is 15.3 Å².